The first-order valence-corrected chi connectivity index (χ1v) is 10.8. The highest BCUT2D eigenvalue weighted by molar-refractivity contribution is 6.39. The monoisotopic (exact) mass is 471 g/mol. The summed E-state index contributed by atoms with van der Waals surface area (Å²) in [5.74, 6) is -0.209. The van der Waals surface area contributed by atoms with E-state index in [0.29, 0.717) is 18.2 Å². The van der Waals surface area contributed by atoms with E-state index in [1.165, 1.54) is 30.9 Å². The minimum atomic E-state index is -3.02. The molecule has 166 valence electrons. The molecule has 0 radical (unpaired) electrons. The molecule has 0 spiro atoms. The van der Waals surface area contributed by atoms with Gasteiger partial charge in [0.2, 0.25) is 0 Å². The van der Waals surface area contributed by atoms with Gasteiger partial charge in [-0.15, -0.1) is 0 Å². The second-order valence-corrected chi connectivity index (χ2v) is 8.38. The third-order valence-electron chi connectivity index (χ3n) is 5.60. The molecule has 31 heavy (non-hydrogen) atoms. The Bertz CT molecular complexity index is 951. The molecule has 2 heterocycles. The van der Waals surface area contributed by atoms with Crippen molar-refractivity contribution in [3.8, 4) is 11.5 Å². The molecule has 0 bridgehead atoms. The standard InChI is InChI=1S/C21H21Cl2F2N3O3/c22-13-8-26-9-14(23)18(13)28-20(29)12-6-7-15(31-21(24)25)19-17(12)27-10-16(30-19)11-4-2-1-3-5-11/h6-9,11,16,21,27H,1-5,10H2,(H,26,28,29). The highest BCUT2D eigenvalue weighted by Crippen LogP contribution is 2.44. The lowest BCUT2D eigenvalue weighted by Gasteiger charge is -2.36. The van der Waals surface area contributed by atoms with E-state index in [0.717, 1.165) is 25.7 Å². The maximum atomic E-state index is 13.0. The molecule has 1 aromatic carbocycles. The molecule has 1 aliphatic heterocycles. The van der Waals surface area contributed by atoms with Crippen molar-refractivity contribution < 1.29 is 23.0 Å². The van der Waals surface area contributed by atoms with Gasteiger partial charge in [-0.1, -0.05) is 42.5 Å². The number of nitrogens with zero attached hydrogens (tertiary/aromatic N) is 1. The minimum absolute atomic E-state index is 0.113. The predicted octanol–water partition coefficient (Wildman–Crippen LogP) is 6.00. The first kappa shape index (κ1) is 21.9. The van der Waals surface area contributed by atoms with E-state index < -0.39 is 12.5 Å². The van der Waals surface area contributed by atoms with Crippen molar-refractivity contribution in [2.75, 3.05) is 17.2 Å². The van der Waals surface area contributed by atoms with Gasteiger partial charge < -0.3 is 20.1 Å². The minimum Gasteiger partial charge on any atom is -0.482 e. The fraction of sp³-hybridized carbons (Fsp3) is 0.429. The van der Waals surface area contributed by atoms with Crippen LogP contribution in [-0.2, 0) is 0 Å². The zero-order valence-corrected chi connectivity index (χ0v) is 18.0. The summed E-state index contributed by atoms with van der Waals surface area (Å²) in [6.45, 7) is -2.55. The van der Waals surface area contributed by atoms with Crippen LogP contribution >= 0.6 is 23.2 Å². The maximum Gasteiger partial charge on any atom is 0.387 e. The lowest BCUT2D eigenvalue weighted by molar-refractivity contribution is -0.0526. The highest BCUT2D eigenvalue weighted by atomic mass is 35.5. The number of carbonyl (C=O) groups is 1. The van der Waals surface area contributed by atoms with Crippen molar-refractivity contribution in [3.05, 3.63) is 40.1 Å². The second-order valence-electron chi connectivity index (χ2n) is 7.56. The van der Waals surface area contributed by atoms with Crippen LogP contribution < -0.4 is 20.1 Å². The van der Waals surface area contributed by atoms with E-state index in [9.17, 15) is 13.6 Å². The number of amides is 1. The molecular formula is C21H21Cl2F2N3O3. The molecule has 4 rings (SSSR count). The van der Waals surface area contributed by atoms with Gasteiger partial charge in [-0.2, -0.15) is 8.78 Å². The van der Waals surface area contributed by atoms with Crippen molar-refractivity contribution in [3.63, 3.8) is 0 Å². The molecule has 1 unspecified atom stereocenters. The maximum absolute atomic E-state index is 13.0. The molecule has 2 aliphatic rings. The lowest BCUT2D eigenvalue weighted by atomic mass is 9.84. The van der Waals surface area contributed by atoms with Gasteiger partial charge in [0, 0.05) is 12.4 Å². The van der Waals surface area contributed by atoms with Crippen LogP contribution in [-0.4, -0.2) is 30.2 Å². The molecule has 10 heteroatoms. The number of anilines is 2. The Hall–Kier alpha value is -2.32. The van der Waals surface area contributed by atoms with E-state index >= 15 is 0 Å². The van der Waals surface area contributed by atoms with Crippen LogP contribution in [0.25, 0.3) is 0 Å². The normalized spacial score (nSPS) is 18.7. The predicted molar refractivity (Wildman–Crippen MR) is 115 cm³/mol. The van der Waals surface area contributed by atoms with Gasteiger partial charge in [-0.3, -0.25) is 9.78 Å². The molecule has 1 atom stereocenters. The van der Waals surface area contributed by atoms with Gasteiger partial charge in [0.15, 0.2) is 11.5 Å². The fourth-order valence-electron chi connectivity index (χ4n) is 4.11. The number of halogens is 4. The molecule has 2 N–H and O–H groups in total. The Morgan fingerprint density at radius 3 is 2.58 bits per heavy atom. The van der Waals surface area contributed by atoms with Crippen molar-refractivity contribution >= 4 is 40.5 Å². The molecule has 1 saturated carbocycles. The van der Waals surface area contributed by atoms with E-state index in [1.807, 2.05) is 0 Å². The van der Waals surface area contributed by atoms with Crippen molar-refractivity contribution in [1.29, 1.82) is 0 Å². The average molecular weight is 472 g/mol. The van der Waals surface area contributed by atoms with Gasteiger partial charge in [-0.05, 0) is 30.9 Å². The fourth-order valence-corrected chi connectivity index (χ4v) is 4.57. The van der Waals surface area contributed by atoms with Gasteiger partial charge in [0.25, 0.3) is 5.91 Å². The molecule has 6 nitrogen and oxygen atoms in total. The Labute approximate surface area is 188 Å². The SMILES string of the molecule is O=C(Nc1c(Cl)cncc1Cl)c1ccc(OC(F)F)c2c1NCC(C1CCCCC1)O2. The number of benzene rings is 1. The zero-order chi connectivity index (χ0) is 22.0. The molecule has 1 aliphatic carbocycles. The first-order chi connectivity index (χ1) is 14.9. The number of nitrogens with one attached hydrogen (secondary N) is 2. The lowest BCUT2D eigenvalue weighted by Crippen LogP contribution is -2.39. The summed E-state index contributed by atoms with van der Waals surface area (Å²) >= 11 is 12.2. The zero-order valence-electron chi connectivity index (χ0n) is 16.5. The van der Waals surface area contributed by atoms with Crippen LogP contribution in [0.3, 0.4) is 0 Å². The van der Waals surface area contributed by atoms with E-state index in [2.05, 4.69) is 20.4 Å². The van der Waals surface area contributed by atoms with Gasteiger partial charge >= 0.3 is 6.61 Å². The Kier molecular flexibility index (Phi) is 6.67. The quantitative estimate of drug-likeness (QED) is 0.559. The number of hydrogen-bond acceptors (Lipinski definition) is 5. The number of hydrogen-bond donors (Lipinski definition) is 2. The Balaban J connectivity index is 1.65. The summed E-state index contributed by atoms with van der Waals surface area (Å²) in [6, 6.07) is 2.70. The van der Waals surface area contributed by atoms with Gasteiger partial charge in [0.1, 0.15) is 6.10 Å². The van der Waals surface area contributed by atoms with Crippen LogP contribution in [0.2, 0.25) is 10.0 Å². The third kappa shape index (κ3) is 4.80. The summed E-state index contributed by atoms with van der Waals surface area (Å²) in [4.78, 5) is 16.8. The Morgan fingerprint density at radius 2 is 1.90 bits per heavy atom. The Morgan fingerprint density at radius 1 is 1.19 bits per heavy atom. The first-order valence-electron chi connectivity index (χ1n) is 10.1. The number of pyridine rings is 1. The molecular weight excluding hydrogens is 451 g/mol. The largest absolute Gasteiger partial charge is 0.482 e. The van der Waals surface area contributed by atoms with Crippen LogP contribution in [0.4, 0.5) is 20.2 Å². The number of rotatable bonds is 5. The molecule has 0 saturated heterocycles. The summed E-state index contributed by atoms with van der Waals surface area (Å²) in [7, 11) is 0. The summed E-state index contributed by atoms with van der Waals surface area (Å²) in [5.41, 5.74) is 0.702. The summed E-state index contributed by atoms with van der Waals surface area (Å²) in [5, 5.41) is 6.20. The van der Waals surface area contributed by atoms with Crippen LogP contribution in [0.1, 0.15) is 42.5 Å². The van der Waals surface area contributed by atoms with Crippen LogP contribution in [0.5, 0.6) is 11.5 Å². The van der Waals surface area contributed by atoms with Crippen LogP contribution in [0, 0.1) is 5.92 Å². The molecule has 1 aromatic heterocycles. The number of fused-ring (bicyclic) bond motifs is 1. The van der Waals surface area contributed by atoms with Crippen molar-refractivity contribution in [1.82, 2.24) is 4.98 Å². The topological polar surface area (TPSA) is 72.5 Å². The number of aromatic nitrogens is 1. The van der Waals surface area contributed by atoms with E-state index in [1.54, 1.807) is 0 Å². The van der Waals surface area contributed by atoms with Crippen LogP contribution in [0.15, 0.2) is 24.5 Å². The number of ether oxygens (including phenoxy) is 2. The van der Waals surface area contributed by atoms with Crippen molar-refractivity contribution in [2.24, 2.45) is 5.92 Å². The van der Waals surface area contributed by atoms with Crippen molar-refractivity contribution in [2.45, 2.75) is 44.8 Å². The summed E-state index contributed by atoms with van der Waals surface area (Å²) < 4.78 is 36.7. The smallest absolute Gasteiger partial charge is 0.387 e. The highest BCUT2D eigenvalue weighted by Gasteiger charge is 2.33. The van der Waals surface area contributed by atoms with E-state index in [-0.39, 0.29) is 38.9 Å². The molecule has 2 aromatic rings. The number of carbonyl (C=O) groups excluding carboxylic acids is 1. The summed E-state index contributed by atoms with van der Waals surface area (Å²) in [6.07, 6.45) is 7.99. The van der Waals surface area contributed by atoms with E-state index in [4.69, 9.17) is 27.9 Å². The van der Waals surface area contributed by atoms with Gasteiger partial charge in [-0.25, -0.2) is 0 Å². The number of alkyl halides is 2. The second kappa shape index (κ2) is 9.44. The van der Waals surface area contributed by atoms with Gasteiger partial charge in [0.05, 0.1) is 33.5 Å². The molecule has 1 fully saturated rings. The average Bonchev–Trinajstić information content (AvgIpc) is 2.76. The third-order valence-corrected chi connectivity index (χ3v) is 6.17. The molecule has 1 amide bonds.